The van der Waals surface area contributed by atoms with E-state index in [2.05, 4.69) is 15.1 Å². The van der Waals surface area contributed by atoms with Crippen molar-refractivity contribution in [3.8, 4) is 17.2 Å². The van der Waals surface area contributed by atoms with Crippen LogP contribution in [0.15, 0.2) is 36.5 Å². The zero-order valence-electron chi connectivity index (χ0n) is 17.2. The first kappa shape index (κ1) is 20.2. The Bertz CT molecular complexity index is 1050. The summed E-state index contributed by atoms with van der Waals surface area (Å²) < 4.78 is 29.8. The van der Waals surface area contributed by atoms with E-state index in [1.54, 1.807) is 39.7 Å². The minimum Gasteiger partial charge on any atom is -0.493 e. The topological polar surface area (TPSA) is 76.9 Å². The average molecular weight is 413 g/mol. The lowest BCUT2D eigenvalue weighted by Gasteiger charge is -2.39. The molecule has 1 aliphatic heterocycles. The Morgan fingerprint density at radius 1 is 0.967 bits per heavy atom. The number of nitrogens with zero attached hydrogens (tertiary/aromatic N) is 3. The molecule has 0 amide bonds. The quantitative estimate of drug-likeness (QED) is 0.688. The van der Waals surface area contributed by atoms with Crippen LogP contribution in [0.4, 0.5) is 10.2 Å². The monoisotopic (exact) mass is 413 g/mol. The normalized spacial score (nSPS) is 15.8. The van der Waals surface area contributed by atoms with Crippen LogP contribution in [0.5, 0.6) is 17.2 Å². The Labute approximate surface area is 174 Å². The molecule has 2 aromatic carbocycles. The maximum Gasteiger partial charge on any atom is 0.204 e. The second-order valence-electron chi connectivity index (χ2n) is 7.30. The van der Waals surface area contributed by atoms with Crippen molar-refractivity contribution in [1.29, 1.82) is 0 Å². The van der Waals surface area contributed by atoms with Gasteiger partial charge in [0, 0.05) is 18.5 Å². The number of rotatable bonds is 5. The van der Waals surface area contributed by atoms with Crippen molar-refractivity contribution >= 4 is 16.6 Å². The fraction of sp³-hybridized carbons (Fsp3) is 0.364. The van der Waals surface area contributed by atoms with Crippen molar-refractivity contribution in [2.45, 2.75) is 18.4 Å². The molecule has 0 spiro atoms. The summed E-state index contributed by atoms with van der Waals surface area (Å²) in [6, 6.07) is 7.90. The molecule has 0 atom stereocenters. The summed E-state index contributed by atoms with van der Waals surface area (Å²) in [5, 5.41) is 21.2. The minimum absolute atomic E-state index is 0.316. The molecular weight excluding hydrogens is 389 g/mol. The molecule has 1 aromatic heterocycles. The van der Waals surface area contributed by atoms with Crippen LogP contribution in [0.3, 0.4) is 0 Å². The van der Waals surface area contributed by atoms with Crippen LogP contribution < -0.4 is 19.1 Å². The number of benzene rings is 2. The van der Waals surface area contributed by atoms with Gasteiger partial charge in [-0.25, -0.2) is 4.39 Å². The highest BCUT2D eigenvalue weighted by Crippen LogP contribution is 2.45. The van der Waals surface area contributed by atoms with Crippen LogP contribution in [0, 0.1) is 5.82 Å². The number of aliphatic hydroxyl groups is 1. The lowest BCUT2D eigenvalue weighted by Crippen LogP contribution is -2.43. The molecule has 1 N–H and O–H groups in total. The van der Waals surface area contributed by atoms with E-state index in [1.807, 2.05) is 6.07 Å². The summed E-state index contributed by atoms with van der Waals surface area (Å²) in [5.41, 5.74) is -0.276. The summed E-state index contributed by atoms with van der Waals surface area (Å²) in [5.74, 6) is 1.94. The lowest BCUT2D eigenvalue weighted by atomic mass is 9.84. The first-order chi connectivity index (χ1) is 14.5. The smallest absolute Gasteiger partial charge is 0.204 e. The van der Waals surface area contributed by atoms with E-state index in [-0.39, 0.29) is 5.82 Å². The Morgan fingerprint density at radius 2 is 1.63 bits per heavy atom. The van der Waals surface area contributed by atoms with E-state index in [9.17, 15) is 9.50 Å². The molecule has 158 valence electrons. The van der Waals surface area contributed by atoms with Gasteiger partial charge in [0.1, 0.15) is 5.82 Å². The van der Waals surface area contributed by atoms with Crippen LogP contribution in [0.1, 0.15) is 18.4 Å². The van der Waals surface area contributed by atoms with Crippen molar-refractivity contribution in [2.75, 3.05) is 39.3 Å². The molecule has 1 aliphatic rings. The van der Waals surface area contributed by atoms with Gasteiger partial charge in [0.05, 0.1) is 38.5 Å². The Morgan fingerprint density at radius 3 is 2.23 bits per heavy atom. The fourth-order valence-corrected chi connectivity index (χ4v) is 4.06. The standard InChI is InChI=1S/C22H24FN3O4/c1-28-18-12-16-17(19(29-2)20(18)30-3)13-24-25-21(16)26-10-8-22(27,9-11-26)14-4-6-15(23)7-5-14/h4-7,12-13,27H,8-11H2,1-3H3. The van der Waals surface area contributed by atoms with Gasteiger partial charge in [-0.15, -0.1) is 5.10 Å². The molecular formula is C22H24FN3O4. The molecule has 1 saturated heterocycles. The lowest BCUT2D eigenvalue weighted by molar-refractivity contribution is 0.0116. The zero-order chi connectivity index (χ0) is 21.3. The number of aromatic nitrogens is 2. The SMILES string of the molecule is COc1cc2c(N3CCC(O)(c4ccc(F)cc4)CC3)nncc2c(OC)c1OC. The first-order valence-electron chi connectivity index (χ1n) is 9.68. The molecule has 0 unspecified atom stereocenters. The number of hydrogen-bond acceptors (Lipinski definition) is 7. The van der Waals surface area contributed by atoms with E-state index in [0.29, 0.717) is 49.0 Å². The van der Waals surface area contributed by atoms with E-state index in [4.69, 9.17) is 14.2 Å². The summed E-state index contributed by atoms with van der Waals surface area (Å²) in [6.07, 6.45) is 2.61. The van der Waals surface area contributed by atoms with Gasteiger partial charge in [-0.2, -0.15) is 5.10 Å². The maximum atomic E-state index is 13.3. The van der Waals surface area contributed by atoms with Crippen LogP contribution in [0.25, 0.3) is 10.8 Å². The first-order valence-corrected chi connectivity index (χ1v) is 9.68. The van der Waals surface area contributed by atoms with Gasteiger partial charge in [0.15, 0.2) is 17.3 Å². The van der Waals surface area contributed by atoms with Crippen LogP contribution in [-0.2, 0) is 5.60 Å². The third-order valence-electron chi connectivity index (χ3n) is 5.72. The van der Waals surface area contributed by atoms with Crippen LogP contribution in [0.2, 0.25) is 0 Å². The molecule has 30 heavy (non-hydrogen) atoms. The third-order valence-corrected chi connectivity index (χ3v) is 5.72. The van der Waals surface area contributed by atoms with Gasteiger partial charge in [-0.1, -0.05) is 12.1 Å². The molecule has 4 rings (SSSR count). The Balaban J connectivity index is 1.68. The number of piperidine rings is 1. The van der Waals surface area contributed by atoms with Crippen molar-refractivity contribution in [2.24, 2.45) is 0 Å². The van der Waals surface area contributed by atoms with E-state index in [1.165, 1.54) is 12.1 Å². The molecule has 1 fully saturated rings. The largest absolute Gasteiger partial charge is 0.493 e. The van der Waals surface area contributed by atoms with Gasteiger partial charge in [0.25, 0.3) is 0 Å². The molecule has 3 aromatic rings. The van der Waals surface area contributed by atoms with Crippen LogP contribution in [-0.4, -0.2) is 49.7 Å². The number of methoxy groups -OCH3 is 3. The predicted molar refractivity (Wildman–Crippen MR) is 111 cm³/mol. The molecule has 2 heterocycles. The number of anilines is 1. The van der Waals surface area contributed by atoms with Gasteiger partial charge >= 0.3 is 0 Å². The fourth-order valence-electron chi connectivity index (χ4n) is 4.06. The predicted octanol–water partition coefficient (Wildman–Crippen LogP) is 3.28. The molecule has 0 radical (unpaired) electrons. The van der Waals surface area contributed by atoms with E-state index < -0.39 is 5.60 Å². The molecule has 0 bridgehead atoms. The zero-order valence-corrected chi connectivity index (χ0v) is 17.2. The number of hydrogen-bond donors (Lipinski definition) is 1. The van der Waals surface area contributed by atoms with Crippen molar-refractivity contribution in [1.82, 2.24) is 10.2 Å². The second kappa shape index (κ2) is 7.95. The summed E-state index contributed by atoms with van der Waals surface area (Å²) in [7, 11) is 4.70. The van der Waals surface area contributed by atoms with Crippen molar-refractivity contribution < 1.29 is 23.7 Å². The van der Waals surface area contributed by atoms with Crippen molar-refractivity contribution in [3.05, 3.63) is 47.9 Å². The highest BCUT2D eigenvalue weighted by molar-refractivity contribution is 5.99. The summed E-state index contributed by atoms with van der Waals surface area (Å²) >= 11 is 0. The Kier molecular flexibility index (Phi) is 5.34. The maximum absolute atomic E-state index is 13.3. The summed E-state index contributed by atoms with van der Waals surface area (Å²) in [4.78, 5) is 2.08. The highest BCUT2D eigenvalue weighted by atomic mass is 19.1. The van der Waals surface area contributed by atoms with Crippen molar-refractivity contribution in [3.63, 3.8) is 0 Å². The number of halogens is 1. The number of fused-ring (bicyclic) bond motifs is 1. The average Bonchev–Trinajstić information content (AvgIpc) is 2.78. The highest BCUT2D eigenvalue weighted by Gasteiger charge is 2.35. The molecule has 8 heteroatoms. The van der Waals surface area contributed by atoms with Gasteiger partial charge in [0.2, 0.25) is 5.75 Å². The van der Waals surface area contributed by atoms with Gasteiger partial charge in [-0.3, -0.25) is 0 Å². The van der Waals surface area contributed by atoms with Gasteiger partial charge in [-0.05, 0) is 36.6 Å². The van der Waals surface area contributed by atoms with E-state index in [0.717, 1.165) is 16.3 Å². The third kappa shape index (κ3) is 3.37. The van der Waals surface area contributed by atoms with Crippen LogP contribution >= 0.6 is 0 Å². The van der Waals surface area contributed by atoms with Gasteiger partial charge < -0.3 is 24.2 Å². The molecule has 0 saturated carbocycles. The Hall–Kier alpha value is -3.13. The van der Waals surface area contributed by atoms with E-state index >= 15 is 0 Å². The summed E-state index contributed by atoms with van der Waals surface area (Å²) in [6.45, 7) is 1.14. The second-order valence-corrected chi connectivity index (χ2v) is 7.30. The minimum atomic E-state index is -0.999. The molecule has 0 aliphatic carbocycles. The molecule has 7 nitrogen and oxygen atoms in total. The number of ether oxygens (including phenoxy) is 3.